The minimum atomic E-state index is 0.0652. The van der Waals surface area contributed by atoms with E-state index in [4.69, 9.17) is 0 Å². The van der Waals surface area contributed by atoms with Crippen LogP contribution in [0.2, 0.25) is 0 Å². The van der Waals surface area contributed by atoms with Crippen molar-refractivity contribution < 1.29 is 4.79 Å². The third kappa shape index (κ3) is 2.41. The third-order valence-corrected chi connectivity index (χ3v) is 4.74. The smallest absolute Gasteiger partial charge is 0.235 e. The number of carbonyl (C=O) groups is 1. The lowest BCUT2D eigenvalue weighted by Crippen LogP contribution is -2.17. The monoisotopic (exact) mass is 267 g/mol. The molecule has 1 aromatic heterocycles. The summed E-state index contributed by atoms with van der Waals surface area (Å²) in [5, 5.41) is 7.71. The second kappa shape index (κ2) is 4.61. The van der Waals surface area contributed by atoms with Crippen LogP contribution in [0.15, 0.2) is 6.20 Å². The molecule has 2 heterocycles. The van der Waals surface area contributed by atoms with E-state index in [0.717, 1.165) is 11.4 Å². The second-order valence-electron chi connectivity index (χ2n) is 6.09. The molecular weight excluding hydrogens is 246 g/mol. The molecule has 5 heteroatoms. The molecule has 4 nitrogen and oxygen atoms in total. The van der Waals surface area contributed by atoms with Crippen LogP contribution >= 0.6 is 11.8 Å². The number of fused-ring (bicyclic) bond motifs is 1. The molecule has 0 aromatic carbocycles. The Labute approximate surface area is 113 Å². The molecule has 1 aliphatic rings. The van der Waals surface area contributed by atoms with E-state index in [9.17, 15) is 4.79 Å². The molecule has 1 amide bonds. The highest BCUT2D eigenvalue weighted by Crippen LogP contribution is 2.47. The van der Waals surface area contributed by atoms with Crippen molar-refractivity contribution in [3.8, 4) is 0 Å². The van der Waals surface area contributed by atoms with Crippen molar-refractivity contribution in [2.24, 2.45) is 5.41 Å². The van der Waals surface area contributed by atoms with E-state index >= 15 is 0 Å². The summed E-state index contributed by atoms with van der Waals surface area (Å²) in [6.07, 6.45) is 1.91. The predicted octanol–water partition coefficient (Wildman–Crippen LogP) is 3.24. The fourth-order valence-corrected chi connectivity index (χ4v) is 3.46. The zero-order valence-corrected chi connectivity index (χ0v) is 12.5. The van der Waals surface area contributed by atoms with Gasteiger partial charge in [-0.15, -0.1) is 11.8 Å². The maximum absolute atomic E-state index is 11.8. The molecule has 2 rings (SSSR count). The van der Waals surface area contributed by atoms with Gasteiger partial charge in [0.2, 0.25) is 5.91 Å². The first-order valence-corrected chi connectivity index (χ1v) is 7.34. The van der Waals surface area contributed by atoms with Crippen LogP contribution in [0.1, 0.15) is 51.5 Å². The fraction of sp³-hybridized carbons (Fsp3) is 0.692. The quantitative estimate of drug-likeness (QED) is 0.849. The van der Waals surface area contributed by atoms with Gasteiger partial charge in [-0.2, -0.15) is 5.10 Å². The topological polar surface area (TPSA) is 46.9 Å². The lowest BCUT2D eigenvalue weighted by molar-refractivity contribution is -0.113. The Balaban J connectivity index is 2.50. The number of hydrogen-bond donors (Lipinski definition) is 1. The predicted molar refractivity (Wildman–Crippen MR) is 75.9 cm³/mol. The van der Waals surface area contributed by atoms with Crippen molar-refractivity contribution in [3.63, 3.8) is 0 Å². The zero-order chi connectivity index (χ0) is 13.5. The zero-order valence-electron chi connectivity index (χ0n) is 11.7. The lowest BCUT2D eigenvalue weighted by atomic mass is 9.88. The summed E-state index contributed by atoms with van der Waals surface area (Å²) in [4.78, 5) is 11.8. The molecule has 1 aliphatic heterocycles. The van der Waals surface area contributed by atoms with Crippen LogP contribution in [0.5, 0.6) is 0 Å². The SMILES string of the molecule is CC(C)n1ncc2c1NC(=O)CS[C@@H]2C(C)(C)C. The van der Waals surface area contributed by atoms with Gasteiger partial charge in [0.1, 0.15) is 5.82 Å². The Morgan fingerprint density at radius 2 is 2.17 bits per heavy atom. The van der Waals surface area contributed by atoms with Crippen molar-refractivity contribution in [2.75, 3.05) is 11.1 Å². The van der Waals surface area contributed by atoms with Crippen LogP contribution in [0.3, 0.4) is 0 Å². The number of nitrogens with zero attached hydrogens (tertiary/aromatic N) is 2. The van der Waals surface area contributed by atoms with Crippen LogP contribution in [-0.2, 0) is 4.79 Å². The van der Waals surface area contributed by atoms with Crippen molar-refractivity contribution in [1.82, 2.24) is 9.78 Å². The van der Waals surface area contributed by atoms with Gasteiger partial charge in [0.05, 0.1) is 11.9 Å². The summed E-state index contributed by atoms with van der Waals surface area (Å²) >= 11 is 1.70. The molecule has 100 valence electrons. The molecule has 0 spiro atoms. The van der Waals surface area contributed by atoms with Gasteiger partial charge >= 0.3 is 0 Å². The highest BCUT2D eigenvalue weighted by atomic mass is 32.2. The standard InChI is InChI=1S/C13H21N3OS/c1-8(2)16-12-9(6-14-16)11(13(3,4)5)18-7-10(17)15-12/h6,8,11H,7H2,1-5H3,(H,15,17)/t11-/m0/s1. The fourth-order valence-electron chi connectivity index (χ4n) is 2.22. The molecule has 0 aliphatic carbocycles. The van der Waals surface area contributed by atoms with Gasteiger partial charge in [-0.3, -0.25) is 4.79 Å². The highest BCUT2D eigenvalue weighted by molar-refractivity contribution is 8.00. The number of carbonyl (C=O) groups excluding carboxylic acids is 1. The van der Waals surface area contributed by atoms with E-state index in [1.165, 1.54) is 0 Å². The van der Waals surface area contributed by atoms with Crippen LogP contribution in [0.4, 0.5) is 5.82 Å². The van der Waals surface area contributed by atoms with E-state index in [0.29, 0.717) is 11.0 Å². The summed E-state index contributed by atoms with van der Waals surface area (Å²) in [6, 6.07) is 0.248. The first-order valence-electron chi connectivity index (χ1n) is 6.29. The summed E-state index contributed by atoms with van der Waals surface area (Å²) < 4.78 is 1.90. The molecule has 0 radical (unpaired) electrons. The molecule has 18 heavy (non-hydrogen) atoms. The number of anilines is 1. The van der Waals surface area contributed by atoms with E-state index in [1.54, 1.807) is 11.8 Å². The van der Waals surface area contributed by atoms with Crippen molar-refractivity contribution in [2.45, 2.75) is 45.9 Å². The Bertz CT molecular complexity index is 459. The Kier molecular flexibility index (Phi) is 3.45. The van der Waals surface area contributed by atoms with Crippen LogP contribution in [0, 0.1) is 5.41 Å². The number of thioether (sulfide) groups is 1. The highest BCUT2D eigenvalue weighted by Gasteiger charge is 2.34. The average Bonchev–Trinajstić information content (AvgIpc) is 2.53. The van der Waals surface area contributed by atoms with Gasteiger partial charge in [-0.05, 0) is 19.3 Å². The van der Waals surface area contributed by atoms with Crippen LogP contribution in [0.25, 0.3) is 0 Å². The molecule has 0 fully saturated rings. The minimum absolute atomic E-state index is 0.0652. The van der Waals surface area contributed by atoms with Crippen molar-refractivity contribution >= 4 is 23.5 Å². The molecule has 1 N–H and O–H groups in total. The average molecular weight is 267 g/mol. The van der Waals surface area contributed by atoms with Gasteiger partial charge in [-0.25, -0.2) is 4.68 Å². The molecule has 0 unspecified atom stereocenters. The largest absolute Gasteiger partial charge is 0.310 e. The van der Waals surface area contributed by atoms with E-state index in [1.807, 2.05) is 10.9 Å². The number of aromatic nitrogens is 2. The number of amides is 1. The molecule has 1 atom stereocenters. The van der Waals surface area contributed by atoms with Crippen LogP contribution < -0.4 is 5.32 Å². The Morgan fingerprint density at radius 1 is 1.50 bits per heavy atom. The van der Waals surface area contributed by atoms with Gasteiger partial charge in [-0.1, -0.05) is 20.8 Å². The maximum Gasteiger partial charge on any atom is 0.235 e. The van der Waals surface area contributed by atoms with E-state index in [-0.39, 0.29) is 17.4 Å². The molecular formula is C13H21N3OS. The first kappa shape index (κ1) is 13.5. The number of hydrogen-bond acceptors (Lipinski definition) is 3. The lowest BCUT2D eigenvalue weighted by Gasteiger charge is -2.28. The van der Waals surface area contributed by atoms with Gasteiger partial charge in [0, 0.05) is 16.9 Å². The molecule has 0 saturated heterocycles. The van der Waals surface area contributed by atoms with Crippen LogP contribution in [-0.4, -0.2) is 21.4 Å². The Hall–Kier alpha value is -0.970. The summed E-state index contributed by atoms with van der Waals surface area (Å²) in [6.45, 7) is 10.8. The molecule has 0 saturated carbocycles. The summed E-state index contributed by atoms with van der Waals surface area (Å²) in [7, 11) is 0. The van der Waals surface area contributed by atoms with Gasteiger partial charge in [0.25, 0.3) is 0 Å². The van der Waals surface area contributed by atoms with E-state index in [2.05, 4.69) is 45.0 Å². The van der Waals surface area contributed by atoms with Crippen molar-refractivity contribution in [3.05, 3.63) is 11.8 Å². The molecule has 1 aromatic rings. The Morgan fingerprint density at radius 3 is 2.72 bits per heavy atom. The van der Waals surface area contributed by atoms with Crippen molar-refractivity contribution in [1.29, 1.82) is 0 Å². The normalized spacial score (nSPS) is 20.6. The maximum atomic E-state index is 11.8. The van der Waals surface area contributed by atoms with E-state index < -0.39 is 0 Å². The summed E-state index contributed by atoms with van der Waals surface area (Å²) in [5.74, 6) is 1.45. The van der Waals surface area contributed by atoms with Gasteiger partial charge < -0.3 is 5.32 Å². The molecule has 0 bridgehead atoms. The minimum Gasteiger partial charge on any atom is -0.310 e. The second-order valence-corrected chi connectivity index (χ2v) is 7.19. The van der Waals surface area contributed by atoms with Gasteiger partial charge in [0.15, 0.2) is 0 Å². The first-order chi connectivity index (χ1) is 8.30. The number of rotatable bonds is 1. The third-order valence-electron chi connectivity index (χ3n) is 3.02. The number of nitrogens with one attached hydrogen (secondary N) is 1. The summed E-state index contributed by atoms with van der Waals surface area (Å²) in [5.41, 5.74) is 1.25.